The highest BCUT2D eigenvalue weighted by Gasteiger charge is 2.19. The van der Waals surface area contributed by atoms with Gasteiger partial charge in [0.15, 0.2) is 0 Å². The van der Waals surface area contributed by atoms with Crippen molar-refractivity contribution in [3.63, 3.8) is 0 Å². The first-order chi connectivity index (χ1) is 38.5. The molecule has 0 saturated carbocycles. The highest BCUT2D eigenvalue weighted by Crippen LogP contribution is 2.43. The molecule has 0 atom stereocenters. The number of hydrogen-bond donors (Lipinski definition) is 2. The molecule has 4 nitrogen and oxygen atoms in total. The Hall–Kier alpha value is -10.2. The monoisotopic (exact) mass is 1000 g/mol. The molecule has 0 aromatic heterocycles. The predicted octanol–water partition coefficient (Wildman–Crippen LogP) is 21.1. The molecule has 12 aromatic rings. The molecule has 0 aliphatic heterocycles. The van der Waals surface area contributed by atoms with Crippen molar-refractivity contribution in [1.29, 1.82) is 0 Å². The van der Waals surface area contributed by atoms with E-state index >= 15 is 0 Å². The zero-order valence-corrected chi connectivity index (χ0v) is 43.8. The molecule has 12 aromatic carbocycles. The Morgan fingerprint density at radius 3 is 0.872 bits per heavy atom. The van der Waals surface area contributed by atoms with Gasteiger partial charge in [-0.3, -0.25) is 0 Å². The summed E-state index contributed by atoms with van der Waals surface area (Å²) in [4.78, 5) is 4.66. The van der Waals surface area contributed by atoms with E-state index in [-0.39, 0.29) is 0 Å². The summed E-state index contributed by atoms with van der Waals surface area (Å²) >= 11 is 0. The number of anilines is 10. The third-order valence-electron chi connectivity index (χ3n) is 14.3. The molecule has 12 rings (SSSR count). The van der Waals surface area contributed by atoms with Crippen molar-refractivity contribution in [2.45, 2.75) is 13.8 Å². The molecular weight excluding hydrogens is 945 g/mol. The summed E-state index contributed by atoms with van der Waals surface area (Å²) in [5.74, 6) is 0. The molecule has 374 valence electrons. The third-order valence-corrected chi connectivity index (χ3v) is 14.3. The summed E-state index contributed by atoms with van der Waals surface area (Å²) in [6.45, 7) is 4.27. The smallest absolute Gasteiger partial charge is 0.0484 e. The number of benzene rings is 12. The van der Waals surface area contributed by atoms with Crippen LogP contribution in [0.1, 0.15) is 11.1 Å². The summed E-state index contributed by atoms with van der Waals surface area (Å²) in [5.41, 5.74) is 24.6. The lowest BCUT2D eigenvalue weighted by Crippen LogP contribution is -2.10. The Kier molecular flexibility index (Phi) is 14.0. The molecule has 4 heteroatoms. The fraction of sp³-hybridized carbons (Fsp3) is 0.0270. The van der Waals surface area contributed by atoms with Crippen molar-refractivity contribution in [2.24, 2.45) is 0 Å². The van der Waals surface area contributed by atoms with Crippen molar-refractivity contribution < 1.29 is 0 Å². The largest absolute Gasteiger partial charge is 0.355 e. The molecule has 0 aliphatic carbocycles. The number of para-hydroxylation sites is 2. The standard InChI is InChI=1S/C74H58N4/c1-53-17-15-23-61(49-53)57-29-37-63(38-30-57)75-73-51-69(45-47-71(73)59-19-7-3-8-20-59)77(65-25-11-5-12-26-65)67-41-33-55(34-42-67)56-35-43-68(44-36-56)78(66-27-13-6-14-28-66)70-46-48-72(60-21-9-4-10-22-60)74(52-70)76-64-39-31-58(32-40-64)62-24-16-18-54(2)50-62/h3-52,75-76H,1-2H3. The van der Waals surface area contributed by atoms with E-state index in [2.05, 4.69) is 338 Å². The van der Waals surface area contributed by atoms with E-state index in [1.807, 2.05) is 0 Å². The predicted molar refractivity (Wildman–Crippen MR) is 332 cm³/mol. The van der Waals surface area contributed by atoms with E-state index in [1.54, 1.807) is 0 Å². The van der Waals surface area contributed by atoms with Crippen LogP contribution in [-0.4, -0.2) is 0 Å². The maximum Gasteiger partial charge on any atom is 0.0484 e. The van der Waals surface area contributed by atoms with Crippen LogP contribution in [0.4, 0.5) is 56.9 Å². The molecule has 78 heavy (non-hydrogen) atoms. The SMILES string of the molecule is Cc1cccc(-c2ccc(Nc3cc(N(c4ccccc4)c4ccc(-c5ccc(N(c6ccccc6)c6ccc(-c7ccccc7)c(Nc7ccc(-c8cccc(C)c8)cc7)c6)cc5)cc4)ccc3-c3ccccc3)cc2)c1. The molecular formula is C74H58N4. The lowest BCUT2D eigenvalue weighted by Gasteiger charge is -2.27. The van der Waals surface area contributed by atoms with E-state index in [4.69, 9.17) is 0 Å². The number of nitrogens with one attached hydrogen (secondary N) is 2. The Balaban J connectivity index is 0.851. The van der Waals surface area contributed by atoms with E-state index in [0.29, 0.717) is 0 Å². The molecule has 0 aliphatic rings. The first-order valence-electron chi connectivity index (χ1n) is 26.6. The van der Waals surface area contributed by atoms with E-state index in [9.17, 15) is 0 Å². The first-order valence-corrected chi connectivity index (χ1v) is 26.6. The lowest BCUT2D eigenvalue weighted by molar-refractivity contribution is 1.28. The van der Waals surface area contributed by atoms with Crippen LogP contribution in [0.25, 0.3) is 55.6 Å². The Morgan fingerprint density at radius 1 is 0.218 bits per heavy atom. The maximum atomic E-state index is 3.82. The van der Waals surface area contributed by atoms with Gasteiger partial charge in [-0.1, -0.05) is 217 Å². The summed E-state index contributed by atoms with van der Waals surface area (Å²) in [5, 5.41) is 7.64. The molecule has 0 bridgehead atoms. The van der Waals surface area contributed by atoms with Gasteiger partial charge in [-0.2, -0.15) is 0 Å². The van der Waals surface area contributed by atoms with Crippen molar-refractivity contribution >= 4 is 56.9 Å². The molecule has 0 spiro atoms. The fourth-order valence-corrected chi connectivity index (χ4v) is 10.4. The number of nitrogens with zero attached hydrogens (tertiary/aromatic N) is 2. The van der Waals surface area contributed by atoms with Crippen molar-refractivity contribution in [3.05, 3.63) is 314 Å². The second-order valence-corrected chi connectivity index (χ2v) is 19.8. The van der Waals surface area contributed by atoms with E-state index in [1.165, 1.54) is 33.4 Å². The van der Waals surface area contributed by atoms with E-state index in [0.717, 1.165) is 90.3 Å². The Bertz CT molecular complexity index is 3670. The van der Waals surface area contributed by atoms with Crippen molar-refractivity contribution in [1.82, 2.24) is 0 Å². The van der Waals surface area contributed by atoms with Crippen LogP contribution in [0.15, 0.2) is 303 Å². The second kappa shape index (κ2) is 22.4. The first kappa shape index (κ1) is 48.8. The van der Waals surface area contributed by atoms with Gasteiger partial charge in [-0.05, 0) is 155 Å². The van der Waals surface area contributed by atoms with Gasteiger partial charge in [-0.25, -0.2) is 0 Å². The summed E-state index contributed by atoms with van der Waals surface area (Å²) < 4.78 is 0. The molecule has 0 fully saturated rings. The lowest BCUT2D eigenvalue weighted by atomic mass is 10.0. The summed E-state index contributed by atoms with van der Waals surface area (Å²) in [6.07, 6.45) is 0. The Labute approximate surface area is 458 Å². The number of aryl methyl sites for hydroxylation is 2. The molecule has 0 amide bonds. The van der Waals surface area contributed by atoms with Gasteiger partial charge >= 0.3 is 0 Å². The minimum atomic E-state index is 1.02. The third kappa shape index (κ3) is 10.8. The van der Waals surface area contributed by atoms with Gasteiger partial charge < -0.3 is 20.4 Å². The van der Waals surface area contributed by atoms with Crippen LogP contribution in [0, 0.1) is 13.8 Å². The van der Waals surface area contributed by atoms with Crippen molar-refractivity contribution in [3.8, 4) is 55.6 Å². The van der Waals surface area contributed by atoms with Gasteiger partial charge in [0.25, 0.3) is 0 Å². The average Bonchev–Trinajstić information content (AvgIpc) is 3.49. The van der Waals surface area contributed by atoms with Crippen molar-refractivity contribution in [2.75, 3.05) is 20.4 Å². The zero-order chi connectivity index (χ0) is 52.6. The van der Waals surface area contributed by atoms with Crippen LogP contribution in [0.2, 0.25) is 0 Å². The number of rotatable bonds is 15. The zero-order valence-electron chi connectivity index (χ0n) is 43.8. The molecule has 0 unspecified atom stereocenters. The average molecular weight is 1000 g/mol. The normalized spacial score (nSPS) is 10.9. The highest BCUT2D eigenvalue weighted by atomic mass is 15.1. The minimum absolute atomic E-state index is 1.02. The second-order valence-electron chi connectivity index (χ2n) is 19.8. The van der Waals surface area contributed by atoms with Crippen LogP contribution < -0.4 is 20.4 Å². The summed E-state index contributed by atoms with van der Waals surface area (Å²) in [7, 11) is 0. The van der Waals surface area contributed by atoms with Gasteiger partial charge in [-0.15, -0.1) is 0 Å². The van der Waals surface area contributed by atoms with E-state index < -0.39 is 0 Å². The fourth-order valence-electron chi connectivity index (χ4n) is 10.4. The highest BCUT2D eigenvalue weighted by molar-refractivity contribution is 5.90. The van der Waals surface area contributed by atoms with Crippen LogP contribution in [0.3, 0.4) is 0 Å². The topological polar surface area (TPSA) is 30.5 Å². The minimum Gasteiger partial charge on any atom is -0.355 e. The molecule has 0 heterocycles. The van der Waals surface area contributed by atoms with Gasteiger partial charge in [0, 0.05) is 68.0 Å². The quantitative estimate of drug-likeness (QED) is 0.107. The molecule has 0 saturated heterocycles. The molecule has 2 N–H and O–H groups in total. The maximum absolute atomic E-state index is 3.82. The van der Waals surface area contributed by atoms with Crippen LogP contribution >= 0.6 is 0 Å². The van der Waals surface area contributed by atoms with Gasteiger partial charge in [0.1, 0.15) is 0 Å². The number of hydrogen-bond acceptors (Lipinski definition) is 4. The van der Waals surface area contributed by atoms with Crippen LogP contribution in [-0.2, 0) is 0 Å². The van der Waals surface area contributed by atoms with Gasteiger partial charge in [0.2, 0.25) is 0 Å². The Morgan fingerprint density at radius 2 is 0.513 bits per heavy atom. The van der Waals surface area contributed by atoms with Gasteiger partial charge in [0.05, 0.1) is 0 Å². The summed E-state index contributed by atoms with van der Waals surface area (Å²) in [6, 6.07) is 109. The van der Waals surface area contributed by atoms with Crippen LogP contribution in [0.5, 0.6) is 0 Å². The molecule has 0 radical (unpaired) electrons.